The summed E-state index contributed by atoms with van der Waals surface area (Å²) in [6, 6.07) is 4.78. The van der Waals surface area contributed by atoms with Gasteiger partial charge in [-0.15, -0.1) is 0 Å². The zero-order valence-corrected chi connectivity index (χ0v) is 18.1. The number of hydrogen-bond acceptors (Lipinski definition) is 5. The molecule has 0 heterocycles. The Morgan fingerprint density at radius 1 is 1.31 bits per heavy atom. The first-order valence-electron chi connectivity index (χ1n) is 8.53. The van der Waals surface area contributed by atoms with Crippen LogP contribution in [0.1, 0.15) is 31.1 Å². The molecule has 1 amide bonds. The molecule has 9 heteroatoms. The first-order valence-corrected chi connectivity index (χ1v) is 10.8. The van der Waals surface area contributed by atoms with Crippen LogP contribution in [-0.4, -0.2) is 65.2 Å². The predicted octanol–water partition coefficient (Wildman–Crippen LogP) is 1.83. The fourth-order valence-corrected chi connectivity index (χ4v) is 3.86. The summed E-state index contributed by atoms with van der Waals surface area (Å²) in [4.78, 5) is 14.7. The second-order valence-electron chi connectivity index (χ2n) is 6.01. The largest absolute Gasteiger partial charge is 0.383 e. The third-order valence-corrected chi connectivity index (χ3v) is 6.06. The minimum absolute atomic E-state index is 0.0410. The lowest BCUT2D eigenvalue weighted by molar-refractivity contribution is 0.0945. The normalized spacial score (nSPS) is 12.0. The Hall–Kier alpha value is -1.00. The minimum atomic E-state index is -3.69. The molecule has 0 aromatic heterocycles. The van der Waals surface area contributed by atoms with E-state index in [4.69, 9.17) is 4.74 Å². The lowest BCUT2D eigenvalue weighted by atomic mass is 10.2. The van der Waals surface area contributed by atoms with Crippen molar-refractivity contribution >= 4 is 31.9 Å². The monoisotopic (exact) mass is 449 g/mol. The summed E-state index contributed by atoms with van der Waals surface area (Å²) in [5.41, 5.74) is 0.284. The van der Waals surface area contributed by atoms with Crippen molar-refractivity contribution in [2.24, 2.45) is 0 Å². The number of rotatable bonds is 11. The van der Waals surface area contributed by atoms with Gasteiger partial charge in [0.25, 0.3) is 5.91 Å². The quantitative estimate of drug-likeness (QED) is 0.503. The van der Waals surface area contributed by atoms with Gasteiger partial charge in [-0.1, -0.05) is 6.92 Å². The number of hydrogen-bond donors (Lipinski definition) is 2. The van der Waals surface area contributed by atoms with Gasteiger partial charge in [-0.3, -0.25) is 9.69 Å². The fraction of sp³-hybridized carbons (Fsp3) is 0.588. The molecule has 0 aliphatic carbocycles. The number of sulfonamides is 1. The van der Waals surface area contributed by atoms with Crippen molar-refractivity contribution in [3.63, 3.8) is 0 Å². The molecule has 0 bridgehead atoms. The average Bonchev–Trinajstić information content (AvgIpc) is 2.58. The van der Waals surface area contributed by atoms with Crippen molar-refractivity contribution in [1.82, 2.24) is 14.9 Å². The molecule has 0 atom stereocenters. The summed E-state index contributed by atoms with van der Waals surface area (Å²) < 4.78 is 32.4. The van der Waals surface area contributed by atoms with E-state index in [-0.39, 0.29) is 29.5 Å². The number of ether oxygens (including phenoxy) is 1. The van der Waals surface area contributed by atoms with E-state index in [9.17, 15) is 13.2 Å². The number of carbonyl (C=O) groups is 1. The van der Waals surface area contributed by atoms with Crippen LogP contribution in [0.4, 0.5) is 0 Å². The predicted molar refractivity (Wildman–Crippen MR) is 106 cm³/mol. The van der Waals surface area contributed by atoms with Crippen LogP contribution >= 0.6 is 15.9 Å². The van der Waals surface area contributed by atoms with Crippen LogP contribution in [0.3, 0.4) is 0 Å². The molecule has 0 saturated heterocycles. The topological polar surface area (TPSA) is 87.7 Å². The molecule has 1 aromatic carbocycles. The second-order valence-corrected chi connectivity index (χ2v) is 8.63. The molecule has 148 valence electrons. The first-order chi connectivity index (χ1) is 12.2. The number of amides is 1. The van der Waals surface area contributed by atoms with Crippen molar-refractivity contribution in [3.8, 4) is 0 Å². The van der Waals surface area contributed by atoms with E-state index in [2.05, 4.69) is 51.6 Å². The van der Waals surface area contributed by atoms with E-state index >= 15 is 0 Å². The van der Waals surface area contributed by atoms with Crippen molar-refractivity contribution in [1.29, 1.82) is 0 Å². The van der Waals surface area contributed by atoms with Crippen LogP contribution in [0.25, 0.3) is 0 Å². The number of carbonyl (C=O) groups excluding carboxylic acids is 1. The van der Waals surface area contributed by atoms with Gasteiger partial charge in [0.1, 0.15) is 0 Å². The Morgan fingerprint density at radius 3 is 2.58 bits per heavy atom. The highest BCUT2D eigenvalue weighted by Gasteiger charge is 2.18. The van der Waals surface area contributed by atoms with Crippen molar-refractivity contribution < 1.29 is 17.9 Å². The van der Waals surface area contributed by atoms with Crippen LogP contribution in [0.5, 0.6) is 0 Å². The van der Waals surface area contributed by atoms with Gasteiger partial charge in [0, 0.05) is 37.3 Å². The Labute approximate surface area is 164 Å². The highest BCUT2D eigenvalue weighted by Crippen LogP contribution is 2.21. The van der Waals surface area contributed by atoms with Gasteiger partial charge < -0.3 is 10.1 Å². The number of nitrogens with zero attached hydrogens (tertiary/aromatic N) is 1. The van der Waals surface area contributed by atoms with Gasteiger partial charge in [0.15, 0.2) is 0 Å². The minimum Gasteiger partial charge on any atom is -0.383 e. The maximum Gasteiger partial charge on any atom is 0.252 e. The van der Waals surface area contributed by atoms with E-state index in [0.717, 1.165) is 13.1 Å². The molecule has 0 spiro atoms. The summed E-state index contributed by atoms with van der Waals surface area (Å²) in [6.45, 7) is 8.83. The molecule has 26 heavy (non-hydrogen) atoms. The van der Waals surface area contributed by atoms with Crippen LogP contribution in [0.2, 0.25) is 0 Å². The third kappa shape index (κ3) is 6.96. The Bertz CT molecular complexity index is 695. The van der Waals surface area contributed by atoms with E-state index in [1.54, 1.807) is 6.07 Å². The van der Waals surface area contributed by atoms with Gasteiger partial charge in [-0.25, -0.2) is 13.1 Å². The number of likely N-dealkylation sites (N-methyl/N-ethyl adjacent to an activating group) is 1. The van der Waals surface area contributed by atoms with Crippen LogP contribution in [0, 0.1) is 0 Å². The zero-order valence-electron chi connectivity index (χ0n) is 15.7. The summed E-state index contributed by atoms with van der Waals surface area (Å²) in [7, 11) is -2.20. The summed E-state index contributed by atoms with van der Waals surface area (Å²) in [6.07, 6.45) is 0. The third-order valence-electron chi connectivity index (χ3n) is 3.91. The lowest BCUT2D eigenvalue weighted by Gasteiger charge is -2.24. The summed E-state index contributed by atoms with van der Waals surface area (Å²) in [5.74, 6) is -0.314. The molecule has 2 N–H and O–H groups in total. The summed E-state index contributed by atoms with van der Waals surface area (Å²) >= 11 is 3.31. The SMILES string of the molecule is CCN(CCNC(=O)c1cc(S(=O)(=O)NCCOC)ccc1Br)C(C)C. The van der Waals surface area contributed by atoms with Gasteiger partial charge in [0.05, 0.1) is 17.1 Å². The van der Waals surface area contributed by atoms with Crippen LogP contribution in [0.15, 0.2) is 27.6 Å². The van der Waals surface area contributed by atoms with Gasteiger partial charge in [-0.2, -0.15) is 0 Å². The smallest absolute Gasteiger partial charge is 0.252 e. The number of halogens is 1. The zero-order chi connectivity index (χ0) is 19.7. The van der Waals surface area contributed by atoms with Crippen LogP contribution < -0.4 is 10.0 Å². The standard InChI is InChI=1S/C17H28BrN3O4S/c1-5-21(13(2)3)10-8-19-17(22)15-12-14(6-7-16(15)18)26(23,24)20-9-11-25-4/h6-7,12-13,20H,5,8-11H2,1-4H3,(H,19,22). The molecular weight excluding hydrogens is 422 g/mol. The molecule has 0 aliphatic heterocycles. The number of methoxy groups -OCH3 is 1. The molecule has 1 aromatic rings. The van der Waals surface area contributed by atoms with E-state index in [1.165, 1.54) is 19.2 Å². The van der Waals surface area contributed by atoms with Crippen LogP contribution in [-0.2, 0) is 14.8 Å². The molecule has 0 aliphatic rings. The fourth-order valence-electron chi connectivity index (χ4n) is 2.40. The van der Waals surface area contributed by atoms with Gasteiger partial charge in [-0.05, 0) is 54.5 Å². The summed E-state index contributed by atoms with van der Waals surface area (Å²) in [5, 5.41) is 2.84. The molecule has 0 fully saturated rings. The Morgan fingerprint density at radius 2 is 2.00 bits per heavy atom. The maximum atomic E-state index is 12.4. The molecular formula is C17H28BrN3O4S. The molecule has 7 nitrogen and oxygen atoms in total. The molecule has 1 rings (SSSR count). The van der Waals surface area contributed by atoms with E-state index in [1.807, 2.05) is 0 Å². The average molecular weight is 450 g/mol. The number of benzene rings is 1. The first kappa shape index (κ1) is 23.0. The van der Waals surface area contributed by atoms with Crippen molar-refractivity contribution in [2.45, 2.75) is 31.7 Å². The van der Waals surface area contributed by atoms with Gasteiger partial charge in [0.2, 0.25) is 10.0 Å². The molecule has 0 unspecified atom stereocenters. The maximum absolute atomic E-state index is 12.4. The van der Waals surface area contributed by atoms with Crippen molar-refractivity contribution in [3.05, 3.63) is 28.2 Å². The van der Waals surface area contributed by atoms with E-state index in [0.29, 0.717) is 17.1 Å². The molecule has 0 saturated carbocycles. The Balaban J connectivity index is 2.81. The van der Waals surface area contributed by atoms with Gasteiger partial charge >= 0.3 is 0 Å². The van der Waals surface area contributed by atoms with Crippen molar-refractivity contribution in [2.75, 3.05) is 39.9 Å². The Kier molecular flexibility index (Phi) is 9.73. The molecule has 0 radical (unpaired) electrons. The second kappa shape index (κ2) is 11.0. The highest BCUT2D eigenvalue weighted by molar-refractivity contribution is 9.10. The van der Waals surface area contributed by atoms with E-state index < -0.39 is 10.0 Å². The number of nitrogens with one attached hydrogen (secondary N) is 2. The lowest BCUT2D eigenvalue weighted by Crippen LogP contribution is -2.38. The highest BCUT2D eigenvalue weighted by atomic mass is 79.9.